The standard InChI is InChI=1S/C22H26N2O2/c1-21(2)14-22(3,4)24-19-12-15(6-11-18(19)21)13-23-17-9-7-16(8-10-17)20(25)26-5/h6-13,24H,14H2,1-5H3. The molecule has 26 heavy (non-hydrogen) atoms. The highest BCUT2D eigenvalue weighted by Crippen LogP contribution is 2.43. The Bertz CT molecular complexity index is 849. The number of benzene rings is 2. The zero-order valence-corrected chi connectivity index (χ0v) is 16.1. The molecule has 3 rings (SSSR count). The van der Waals surface area contributed by atoms with Crippen LogP contribution < -0.4 is 5.32 Å². The van der Waals surface area contributed by atoms with Crippen LogP contribution in [0.2, 0.25) is 0 Å². The zero-order valence-electron chi connectivity index (χ0n) is 16.1. The van der Waals surface area contributed by atoms with Gasteiger partial charge in [0.15, 0.2) is 0 Å². The van der Waals surface area contributed by atoms with Crippen molar-refractivity contribution in [1.82, 2.24) is 0 Å². The molecule has 0 spiro atoms. The highest BCUT2D eigenvalue weighted by Gasteiger charge is 2.36. The minimum Gasteiger partial charge on any atom is -0.465 e. The number of anilines is 1. The first-order chi connectivity index (χ1) is 12.2. The number of methoxy groups -OCH3 is 1. The average Bonchev–Trinajstić information content (AvgIpc) is 2.57. The van der Waals surface area contributed by atoms with Crippen LogP contribution in [0.1, 0.15) is 55.6 Å². The Morgan fingerprint density at radius 2 is 1.81 bits per heavy atom. The maximum absolute atomic E-state index is 11.5. The molecule has 0 saturated heterocycles. The lowest BCUT2D eigenvalue weighted by Gasteiger charge is -2.43. The van der Waals surface area contributed by atoms with Gasteiger partial charge < -0.3 is 10.1 Å². The van der Waals surface area contributed by atoms with Gasteiger partial charge in [-0.25, -0.2) is 4.79 Å². The van der Waals surface area contributed by atoms with Crippen LogP contribution >= 0.6 is 0 Å². The molecule has 0 aliphatic carbocycles. The first kappa shape index (κ1) is 18.2. The van der Waals surface area contributed by atoms with E-state index in [-0.39, 0.29) is 16.9 Å². The third-order valence-electron chi connectivity index (χ3n) is 4.78. The smallest absolute Gasteiger partial charge is 0.337 e. The van der Waals surface area contributed by atoms with Crippen molar-refractivity contribution in [3.8, 4) is 0 Å². The Morgan fingerprint density at radius 3 is 2.46 bits per heavy atom. The van der Waals surface area contributed by atoms with E-state index in [0.717, 1.165) is 17.7 Å². The SMILES string of the molecule is COC(=O)c1ccc(N=Cc2ccc3c(c2)NC(C)(C)CC3(C)C)cc1. The minimum absolute atomic E-state index is 0.0655. The van der Waals surface area contributed by atoms with Crippen LogP contribution in [0.4, 0.5) is 11.4 Å². The fraction of sp³-hybridized carbons (Fsp3) is 0.364. The number of rotatable bonds is 3. The van der Waals surface area contributed by atoms with Gasteiger partial charge in [-0.3, -0.25) is 4.99 Å². The van der Waals surface area contributed by atoms with Gasteiger partial charge in [0.05, 0.1) is 18.4 Å². The number of nitrogens with zero attached hydrogens (tertiary/aromatic N) is 1. The van der Waals surface area contributed by atoms with Crippen LogP contribution in [0, 0.1) is 0 Å². The van der Waals surface area contributed by atoms with Crippen molar-refractivity contribution in [3.63, 3.8) is 0 Å². The predicted molar refractivity (Wildman–Crippen MR) is 107 cm³/mol. The molecule has 1 heterocycles. The topological polar surface area (TPSA) is 50.7 Å². The molecule has 0 saturated carbocycles. The second kappa shape index (κ2) is 6.60. The van der Waals surface area contributed by atoms with Gasteiger partial charge in [-0.15, -0.1) is 0 Å². The number of hydrogen-bond acceptors (Lipinski definition) is 4. The Labute approximate surface area is 155 Å². The summed E-state index contributed by atoms with van der Waals surface area (Å²) in [6.07, 6.45) is 2.94. The van der Waals surface area contributed by atoms with Gasteiger partial charge in [0, 0.05) is 17.4 Å². The number of ether oxygens (including phenoxy) is 1. The van der Waals surface area contributed by atoms with Gasteiger partial charge >= 0.3 is 5.97 Å². The molecule has 0 radical (unpaired) electrons. The molecule has 0 atom stereocenters. The zero-order chi connectivity index (χ0) is 18.9. The van der Waals surface area contributed by atoms with E-state index in [0.29, 0.717) is 5.56 Å². The number of carbonyl (C=O) groups excluding carboxylic acids is 1. The van der Waals surface area contributed by atoms with E-state index in [4.69, 9.17) is 4.74 Å². The van der Waals surface area contributed by atoms with Crippen molar-refractivity contribution < 1.29 is 9.53 Å². The number of carbonyl (C=O) groups is 1. The van der Waals surface area contributed by atoms with E-state index >= 15 is 0 Å². The summed E-state index contributed by atoms with van der Waals surface area (Å²) < 4.78 is 4.71. The van der Waals surface area contributed by atoms with E-state index < -0.39 is 0 Å². The summed E-state index contributed by atoms with van der Waals surface area (Å²) in [5.74, 6) is -0.341. The molecule has 0 unspecified atom stereocenters. The number of hydrogen-bond donors (Lipinski definition) is 1. The summed E-state index contributed by atoms with van der Waals surface area (Å²) in [5, 5.41) is 3.64. The summed E-state index contributed by atoms with van der Waals surface area (Å²) >= 11 is 0. The predicted octanol–water partition coefficient (Wildman–Crippen LogP) is 5.10. The molecule has 0 amide bonds. The van der Waals surface area contributed by atoms with Crippen molar-refractivity contribution in [2.24, 2.45) is 4.99 Å². The largest absolute Gasteiger partial charge is 0.465 e. The lowest BCUT2D eigenvalue weighted by Crippen LogP contribution is -2.43. The van der Waals surface area contributed by atoms with E-state index in [9.17, 15) is 4.79 Å². The molecule has 1 aliphatic rings. The van der Waals surface area contributed by atoms with Crippen LogP contribution in [-0.2, 0) is 10.2 Å². The Balaban J connectivity index is 1.83. The van der Waals surface area contributed by atoms with Crippen molar-refractivity contribution in [2.45, 2.75) is 45.1 Å². The lowest BCUT2D eigenvalue weighted by atomic mass is 9.71. The summed E-state index contributed by atoms with van der Waals surface area (Å²) in [7, 11) is 1.38. The van der Waals surface area contributed by atoms with Crippen molar-refractivity contribution in [1.29, 1.82) is 0 Å². The summed E-state index contributed by atoms with van der Waals surface area (Å²) in [6, 6.07) is 13.5. The summed E-state index contributed by atoms with van der Waals surface area (Å²) in [6.45, 7) is 9.07. The number of fused-ring (bicyclic) bond motifs is 1. The highest BCUT2D eigenvalue weighted by molar-refractivity contribution is 5.90. The molecule has 1 N–H and O–H groups in total. The fourth-order valence-corrected chi connectivity index (χ4v) is 3.90. The van der Waals surface area contributed by atoms with E-state index in [1.807, 2.05) is 18.3 Å². The monoisotopic (exact) mass is 350 g/mol. The summed E-state index contributed by atoms with van der Waals surface area (Å²) in [4.78, 5) is 16.0. The Hall–Kier alpha value is -2.62. The molecule has 0 bridgehead atoms. The minimum atomic E-state index is -0.341. The molecule has 0 fully saturated rings. The van der Waals surface area contributed by atoms with Gasteiger partial charge in [0.25, 0.3) is 0 Å². The lowest BCUT2D eigenvalue weighted by molar-refractivity contribution is 0.0601. The maximum atomic E-state index is 11.5. The van der Waals surface area contributed by atoms with Gasteiger partial charge in [-0.05, 0) is 67.1 Å². The second-order valence-electron chi connectivity index (χ2n) is 8.17. The highest BCUT2D eigenvalue weighted by atomic mass is 16.5. The third kappa shape index (κ3) is 3.79. The van der Waals surface area contributed by atoms with Crippen LogP contribution in [0.25, 0.3) is 0 Å². The maximum Gasteiger partial charge on any atom is 0.337 e. The quantitative estimate of drug-likeness (QED) is 0.619. The van der Waals surface area contributed by atoms with Gasteiger partial charge in [-0.1, -0.05) is 26.0 Å². The Morgan fingerprint density at radius 1 is 1.12 bits per heavy atom. The normalized spacial score (nSPS) is 17.4. The van der Waals surface area contributed by atoms with Crippen molar-refractivity contribution in [2.75, 3.05) is 12.4 Å². The van der Waals surface area contributed by atoms with Crippen LogP contribution in [0.3, 0.4) is 0 Å². The molecule has 136 valence electrons. The second-order valence-corrected chi connectivity index (χ2v) is 8.17. The van der Waals surface area contributed by atoms with E-state index in [1.165, 1.54) is 18.4 Å². The van der Waals surface area contributed by atoms with Crippen LogP contribution in [0.5, 0.6) is 0 Å². The molecule has 4 nitrogen and oxygen atoms in total. The van der Waals surface area contributed by atoms with Gasteiger partial charge in [0.1, 0.15) is 0 Å². The third-order valence-corrected chi connectivity index (χ3v) is 4.78. The van der Waals surface area contributed by atoms with Gasteiger partial charge in [0.2, 0.25) is 0 Å². The fourth-order valence-electron chi connectivity index (χ4n) is 3.90. The number of aliphatic imine (C=N–C) groups is 1. The first-order valence-electron chi connectivity index (χ1n) is 8.85. The molecule has 0 aromatic heterocycles. The molecular formula is C22H26N2O2. The van der Waals surface area contributed by atoms with Crippen molar-refractivity contribution >= 4 is 23.6 Å². The van der Waals surface area contributed by atoms with Crippen molar-refractivity contribution in [3.05, 3.63) is 59.2 Å². The van der Waals surface area contributed by atoms with Crippen LogP contribution in [-0.4, -0.2) is 24.8 Å². The molecule has 2 aromatic rings. The first-order valence-corrected chi connectivity index (χ1v) is 8.85. The number of nitrogens with one attached hydrogen (secondary N) is 1. The molecule has 2 aromatic carbocycles. The van der Waals surface area contributed by atoms with E-state index in [2.05, 4.69) is 56.2 Å². The van der Waals surface area contributed by atoms with Crippen LogP contribution in [0.15, 0.2) is 47.5 Å². The average molecular weight is 350 g/mol. The van der Waals surface area contributed by atoms with E-state index in [1.54, 1.807) is 12.1 Å². The summed E-state index contributed by atoms with van der Waals surface area (Å²) in [5.41, 5.74) is 5.09. The molecule has 4 heteroatoms. The number of esters is 1. The molecule has 1 aliphatic heterocycles. The molecular weight excluding hydrogens is 324 g/mol. The Kier molecular flexibility index (Phi) is 4.61. The van der Waals surface area contributed by atoms with Gasteiger partial charge in [-0.2, -0.15) is 0 Å².